The van der Waals surface area contributed by atoms with E-state index in [-0.39, 0.29) is 32.2 Å². The molecule has 2 aliphatic heterocycles. The maximum Gasteiger partial charge on any atom is 0.239 e. The van der Waals surface area contributed by atoms with Gasteiger partial charge in [0.25, 0.3) is 0 Å². The molecular weight excluding hydrogens is 768 g/mol. The largest absolute Gasteiger partial charge is 0.503 e. The summed E-state index contributed by atoms with van der Waals surface area (Å²) in [5.41, 5.74) is 12.4. The molecule has 6 heteroatoms. The van der Waals surface area contributed by atoms with Crippen molar-refractivity contribution in [2.45, 2.75) is 48.0 Å². The molecule has 6 aromatic rings. The summed E-state index contributed by atoms with van der Waals surface area (Å²) in [6, 6.07) is 37.6. The van der Waals surface area contributed by atoms with Crippen LogP contribution in [0.5, 0.6) is 23.0 Å². The predicted octanol–water partition coefficient (Wildman–Crippen LogP) is 8.34. The normalized spacial score (nSPS) is 12.2. The number of aryl methyl sites for hydroxylation is 3. The molecule has 0 bridgehead atoms. The summed E-state index contributed by atoms with van der Waals surface area (Å²) in [5.74, 6) is 3.35. The average Bonchev–Trinajstić information content (AvgIpc) is 3.06. The van der Waals surface area contributed by atoms with Crippen LogP contribution in [0.1, 0.15) is 43.0 Å². The third-order valence-corrected chi connectivity index (χ3v) is 8.70. The standard InChI is InChI=1S/C28H23BNO2.C14H14N.Ir/c1-28(2,3)17-18-14-15-30-22(16-18)19-12-13-25-26-27(19)32-24-11-7-5-9-21(24)29(26)20-8-4-6-10-23(20)31-25;1-10-4-6-13(7-5-10)14-8-11(2)12(3)9-15-14;/h4-11,13-16H,17H2,1-3H3;4-6,8-9H,1-3H3;/q2*-1;. The van der Waals surface area contributed by atoms with Gasteiger partial charge in [-0.2, -0.15) is 0 Å². The summed E-state index contributed by atoms with van der Waals surface area (Å²) >= 11 is 0. The van der Waals surface area contributed by atoms with Crippen LogP contribution in [0.4, 0.5) is 0 Å². The zero-order valence-electron chi connectivity index (χ0n) is 28.1. The van der Waals surface area contributed by atoms with Gasteiger partial charge in [0.15, 0.2) is 0 Å². The van der Waals surface area contributed by atoms with Crippen LogP contribution in [0.15, 0.2) is 103 Å². The van der Waals surface area contributed by atoms with Gasteiger partial charge in [-0.1, -0.05) is 98.4 Å². The first kappa shape index (κ1) is 33.4. The zero-order valence-corrected chi connectivity index (χ0v) is 30.5. The van der Waals surface area contributed by atoms with E-state index >= 15 is 0 Å². The van der Waals surface area contributed by atoms with Crippen LogP contribution in [-0.2, 0) is 26.5 Å². The van der Waals surface area contributed by atoms with Gasteiger partial charge >= 0.3 is 0 Å². The van der Waals surface area contributed by atoms with E-state index in [4.69, 9.17) is 14.5 Å². The SMILES string of the molecule is CC(C)(C)Cc1ccnc(-c2[c-]cc3c4c2Oc2ccccc2B4c2ccccc2O3)c1.Cc1c[c-]c(-c2cc(C)c(C)cn2)cc1.[Ir]. The molecule has 241 valence electrons. The smallest absolute Gasteiger partial charge is 0.239 e. The number of nitrogens with zero attached hydrogens (tertiary/aromatic N) is 2. The number of hydrogen-bond acceptors (Lipinski definition) is 4. The van der Waals surface area contributed by atoms with Gasteiger partial charge in [-0.05, 0) is 71.8 Å². The predicted molar refractivity (Wildman–Crippen MR) is 192 cm³/mol. The Balaban J connectivity index is 0.000000212. The van der Waals surface area contributed by atoms with E-state index in [1.165, 1.54) is 22.3 Å². The Labute approximate surface area is 298 Å². The fourth-order valence-electron chi connectivity index (χ4n) is 6.28. The quantitative estimate of drug-likeness (QED) is 0.133. The molecule has 0 aliphatic carbocycles. The molecule has 8 rings (SSSR count). The molecule has 2 aliphatic rings. The monoisotopic (exact) mass is 805 g/mol. The molecule has 0 saturated carbocycles. The van der Waals surface area contributed by atoms with Crippen LogP contribution in [0.2, 0.25) is 0 Å². The minimum Gasteiger partial charge on any atom is -0.503 e. The van der Waals surface area contributed by atoms with E-state index in [1.54, 1.807) is 0 Å². The summed E-state index contributed by atoms with van der Waals surface area (Å²) in [5, 5.41) is 0. The van der Waals surface area contributed by atoms with E-state index in [0.29, 0.717) is 0 Å². The molecule has 4 heterocycles. The Hall–Kier alpha value is -4.51. The van der Waals surface area contributed by atoms with Crippen LogP contribution < -0.4 is 25.9 Å². The minimum atomic E-state index is 0. The van der Waals surface area contributed by atoms with Crippen LogP contribution in [0, 0.1) is 38.3 Å². The molecule has 0 saturated heterocycles. The molecule has 2 aromatic heterocycles. The first-order valence-electron chi connectivity index (χ1n) is 16.1. The van der Waals surface area contributed by atoms with Crippen molar-refractivity contribution in [3.05, 3.63) is 138 Å². The molecule has 1 radical (unpaired) electrons. The third kappa shape index (κ3) is 6.74. The minimum absolute atomic E-state index is 0. The van der Waals surface area contributed by atoms with Crippen molar-refractivity contribution in [1.29, 1.82) is 0 Å². The van der Waals surface area contributed by atoms with Crippen molar-refractivity contribution in [1.82, 2.24) is 9.97 Å². The van der Waals surface area contributed by atoms with Crippen molar-refractivity contribution < 1.29 is 29.6 Å². The fraction of sp³-hybridized carbons (Fsp3) is 0.190. The molecule has 0 spiro atoms. The maximum absolute atomic E-state index is 6.51. The van der Waals surface area contributed by atoms with Crippen LogP contribution in [0.25, 0.3) is 22.5 Å². The molecule has 0 amide bonds. The summed E-state index contributed by atoms with van der Waals surface area (Å²) in [6.45, 7) is 13.1. The van der Waals surface area contributed by atoms with Crippen LogP contribution >= 0.6 is 0 Å². The second-order valence-electron chi connectivity index (χ2n) is 13.7. The van der Waals surface area contributed by atoms with E-state index in [9.17, 15) is 0 Å². The van der Waals surface area contributed by atoms with Gasteiger partial charge in [0.2, 0.25) is 6.71 Å². The van der Waals surface area contributed by atoms with Gasteiger partial charge in [-0.15, -0.1) is 47.5 Å². The molecule has 4 nitrogen and oxygen atoms in total. The first-order valence-corrected chi connectivity index (χ1v) is 16.1. The number of ether oxygens (including phenoxy) is 2. The van der Waals surface area contributed by atoms with Crippen molar-refractivity contribution in [3.8, 4) is 45.5 Å². The Morgan fingerprint density at radius 2 is 1.42 bits per heavy atom. The van der Waals surface area contributed by atoms with E-state index in [1.807, 2.05) is 48.8 Å². The van der Waals surface area contributed by atoms with Crippen LogP contribution in [0.3, 0.4) is 0 Å². The van der Waals surface area contributed by atoms with E-state index in [0.717, 1.165) is 68.3 Å². The van der Waals surface area contributed by atoms with Gasteiger partial charge < -0.3 is 19.4 Å². The summed E-state index contributed by atoms with van der Waals surface area (Å²) < 4.78 is 12.8. The van der Waals surface area contributed by atoms with Gasteiger partial charge in [-0.25, -0.2) is 0 Å². The van der Waals surface area contributed by atoms with Crippen molar-refractivity contribution in [3.63, 3.8) is 0 Å². The van der Waals surface area contributed by atoms with Crippen molar-refractivity contribution >= 4 is 23.1 Å². The van der Waals surface area contributed by atoms with Gasteiger partial charge in [0, 0.05) is 44.0 Å². The zero-order chi connectivity index (χ0) is 32.7. The molecule has 0 N–H and O–H groups in total. The van der Waals surface area contributed by atoms with Crippen LogP contribution in [-0.4, -0.2) is 16.7 Å². The van der Waals surface area contributed by atoms with E-state index in [2.05, 4.69) is 113 Å². The molecule has 0 atom stereocenters. The Bertz CT molecular complexity index is 2090. The third-order valence-electron chi connectivity index (χ3n) is 8.70. The van der Waals surface area contributed by atoms with Crippen molar-refractivity contribution in [2.75, 3.05) is 0 Å². The number of aromatic nitrogens is 2. The van der Waals surface area contributed by atoms with Gasteiger partial charge in [0.05, 0.1) is 0 Å². The van der Waals surface area contributed by atoms with E-state index < -0.39 is 0 Å². The molecule has 0 fully saturated rings. The molecule has 0 unspecified atom stereocenters. The van der Waals surface area contributed by atoms with Gasteiger partial charge in [-0.3, -0.25) is 0 Å². The second-order valence-corrected chi connectivity index (χ2v) is 13.7. The summed E-state index contributed by atoms with van der Waals surface area (Å²) in [6.07, 6.45) is 4.78. The Morgan fingerprint density at radius 3 is 2.08 bits per heavy atom. The number of rotatable bonds is 3. The topological polar surface area (TPSA) is 44.2 Å². The molecular formula is C42H37BIrN2O2-2. The van der Waals surface area contributed by atoms with Crippen molar-refractivity contribution in [2.24, 2.45) is 5.41 Å². The first-order chi connectivity index (χ1) is 22.6. The fourth-order valence-corrected chi connectivity index (χ4v) is 6.28. The van der Waals surface area contributed by atoms with Gasteiger partial charge in [0.1, 0.15) is 11.5 Å². The number of fused-ring (bicyclic) bond motifs is 4. The molecule has 4 aromatic carbocycles. The number of pyridine rings is 2. The Kier molecular flexibility index (Phi) is 9.42. The second kappa shape index (κ2) is 13.5. The summed E-state index contributed by atoms with van der Waals surface area (Å²) in [7, 11) is 0. The number of benzene rings is 4. The number of hydrogen-bond donors (Lipinski definition) is 0. The molecule has 48 heavy (non-hydrogen) atoms. The number of para-hydroxylation sites is 2. The summed E-state index contributed by atoms with van der Waals surface area (Å²) in [4.78, 5) is 9.10. The average molecular weight is 805 g/mol. The maximum atomic E-state index is 6.51. The Morgan fingerprint density at radius 1 is 0.708 bits per heavy atom.